The van der Waals surface area contributed by atoms with Crippen molar-refractivity contribution in [3.05, 3.63) is 68.3 Å². The molecule has 124 valence electrons. The normalized spacial score (nSPS) is 10.9. The second-order valence-electron chi connectivity index (χ2n) is 5.19. The molecule has 0 bridgehead atoms. The first-order valence-corrected chi connectivity index (χ1v) is 9.52. The third-order valence-electron chi connectivity index (χ3n) is 3.32. The summed E-state index contributed by atoms with van der Waals surface area (Å²) in [5.41, 5.74) is 0.538. The van der Waals surface area contributed by atoms with Crippen LogP contribution in [0.25, 0.3) is 0 Å². The molecule has 0 radical (unpaired) electrons. The fraction of sp³-hybridized carbons (Fsp3) is 0.176. The minimum Gasteiger partial charge on any atom is -0.322 e. The van der Waals surface area contributed by atoms with E-state index in [9.17, 15) is 4.79 Å². The number of pyridine rings is 1. The van der Waals surface area contributed by atoms with Crippen LogP contribution >= 0.6 is 34.3 Å². The molecule has 0 aliphatic rings. The Morgan fingerprint density at radius 3 is 2.29 bits per heavy atom. The van der Waals surface area contributed by atoms with Gasteiger partial charge in [0.2, 0.25) is 5.91 Å². The van der Waals surface area contributed by atoms with Crippen molar-refractivity contribution >= 4 is 45.9 Å². The number of anilines is 1. The molecular formula is C17H16ClN3OS2. The molecule has 0 aromatic carbocycles. The molecule has 0 spiro atoms. The van der Waals surface area contributed by atoms with Gasteiger partial charge in [0.05, 0.1) is 12.2 Å². The van der Waals surface area contributed by atoms with Crippen molar-refractivity contribution in [2.45, 2.75) is 13.1 Å². The molecule has 1 amide bonds. The molecule has 0 saturated carbocycles. The number of carbonyl (C=O) groups is 1. The molecule has 0 atom stereocenters. The van der Waals surface area contributed by atoms with Gasteiger partial charge in [-0.05, 0) is 35.0 Å². The van der Waals surface area contributed by atoms with Crippen LogP contribution in [0.4, 0.5) is 5.69 Å². The van der Waals surface area contributed by atoms with E-state index >= 15 is 0 Å². The molecule has 0 aliphatic heterocycles. The summed E-state index contributed by atoms with van der Waals surface area (Å²) in [7, 11) is 0. The van der Waals surface area contributed by atoms with Crippen molar-refractivity contribution in [1.29, 1.82) is 0 Å². The molecule has 1 N–H and O–H groups in total. The highest BCUT2D eigenvalue weighted by Gasteiger charge is 2.14. The second kappa shape index (κ2) is 8.39. The van der Waals surface area contributed by atoms with Gasteiger partial charge in [0.25, 0.3) is 0 Å². The molecule has 0 unspecified atom stereocenters. The summed E-state index contributed by atoms with van der Waals surface area (Å²) in [6, 6.07) is 11.7. The van der Waals surface area contributed by atoms with E-state index in [2.05, 4.69) is 27.3 Å². The summed E-state index contributed by atoms with van der Waals surface area (Å²) in [5.74, 6) is -0.0991. The third kappa shape index (κ3) is 4.88. The lowest BCUT2D eigenvalue weighted by molar-refractivity contribution is -0.117. The van der Waals surface area contributed by atoms with Gasteiger partial charge in [-0.15, -0.1) is 22.7 Å². The van der Waals surface area contributed by atoms with Crippen molar-refractivity contribution in [2.24, 2.45) is 0 Å². The predicted octanol–water partition coefficient (Wildman–Crippen LogP) is 4.50. The zero-order valence-corrected chi connectivity index (χ0v) is 15.2. The number of amides is 1. The number of carbonyl (C=O) groups excluding carboxylic acids is 1. The summed E-state index contributed by atoms with van der Waals surface area (Å²) >= 11 is 9.39. The topological polar surface area (TPSA) is 45.2 Å². The highest BCUT2D eigenvalue weighted by atomic mass is 35.5. The van der Waals surface area contributed by atoms with Crippen molar-refractivity contribution in [1.82, 2.24) is 9.88 Å². The Morgan fingerprint density at radius 1 is 1.08 bits per heavy atom. The van der Waals surface area contributed by atoms with E-state index in [1.54, 1.807) is 41.0 Å². The number of nitrogens with one attached hydrogen (secondary N) is 1. The quantitative estimate of drug-likeness (QED) is 0.616. The first-order valence-electron chi connectivity index (χ1n) is 7.38. The van der Waals surface area contributed by atoms with E-state index in [-0.39, 0.29) is 5.91 Å². The summed E-state index contributed by atoms with van der Waals surface area (Å²) in [6.45, 7) is 1.77. The van der Waals surface area contributed by atoms with Gasteiger partial charge in [0.1, 0.15) is 0 Å². The molecule has 0 saturated heterocycles. The first-order chi connectivity index (χ1) is 11.7. The summed E-state index contributed by atoms with van der Waals surface area (Å²) in [5, 5.41) is 7.23. The van der Waals surface area contributed by atoms with Crippen LogP contribution in [0.1, 0.15) is 9.75 Å². The molecule has 3 heterocycles. The number of thiophene rings is 2. The largest absolute Gasteiger partial charge is 0.322 e. The van der Waals surface area contributed by atoms with E-state index in [0.29, 0.717) is 17.4 Å². The lowest BCUT2D eigenvalue weighted by Gasteiger charge is -2.20. The minimum atomic E-state index is -0.0991. The lowest BCUT2D eigenvalue weighted by atomic mass is 10.3. The van der Waals surface area contributed by atoms with Gasteiger partial charge >= 0.3 is 0 Å². The van der Waals surface area contributed by atoms with Gasteiger partial charge in [-0.25, -0.2) is 4.98 Å². The van der Waals surface area contributed by atoms with Crippen molar-refractivity contribution < 1.29 is 4.79 Å². The maximum Gasteiger partial charge on any atom is 0.238 e. The fourth-order valence-corrected chi connectivity index (χ4v) is 3.94. The second-order valence-corrected chi connectivity index (χ2v) is 7.62. The van der Waals surface area contributed by atoms with Gasteiger partial charge in [-0.1, -0.05) is 23.7 Å². The summed E-state index contributed by atoms with van der Waals surface area (Å²) in [4.78, 5) is 21.0. The molecular weight excluding hydrogens is 362 g/mol. The van der Waals surface area contributed by atoms with Crippen LogP contribution in [0.15, 0.2) is 53.4 Å². The standard InChI is InChI=1S/C17H16ClN3OS2/c18-17-15(6-1-7-19-17)20-16(22)12-21(10-13-4-2-8-23-13)11-14-5-3-9-24-14/h1-9H,10-12H2,(H,20,22). The molecule has 4 nitrogen and oxygen atoms in total. The Labute approximate surface area is 153 Å². The Morgan fingerprint density at radius 2 is 1.75 bits per heavy atom. The zero-order chi connectivity index (χ0) is 16.8. The van der Waals surface area contributed by atoms with Crippen molar-refractivity contribution in [3.63, 3.8) is 0 Å². The summed E-state index contributed by atoms with van der Waals surface area (Å²) < 4.78 is 0. The number of hydrogen-bond donors (Lipinski definition) is 1. The van der Waals surface area contributed by atoms with E-state index in [4.69, 9.17) is 11.6 Å². The smallest absolute Gasteiger partial charge is 0.238 e. The fourth-order valence-electron chi connectivity index (χ4n) is 2.29. The van der Waals surface area contributed by atoms with E-state index in [1.165, 1.54) is 9.75 Å². The summed E-state index contributed by atoms with van der Waals surface area (Å²) in [6.07, 6.45) is 1.60. The Kier molecular flexibility index (Phi) is 5.98. The Bertz CT molecular complexity index is 739. The number of halogens is 1. The third-order valence-corrected chi connectivity index (χ3v) is 5.34. The molecule has 3 aromatic heterocycles. The predicted molar refractivity (Wildman–Crippen MR) is 101 cm³/mol. The van der Waals surface area contributed by atoms with Crippen LogP contribution < -0.4 is 5.32 Å². The van der Waals surface area contributed by atoms with E-state index in [0.717, 1.165) is 13.1 Å². The lowest BCUT2D eigenvalue weighted by Crippen LogP contribution is -2.32. The monoisotopic (exact) mass is 377 g/mol. The Hall–Kier alpha value is -1.73. The number of nitrogens with zero attached hydrogens (tertiary/aromatic N) is 2. The highest BCUT2D eigenvalue weighted by Crippen LogP contribution is 2.19. The number of rotatable bonds is 7. The van der Waals surface area contributed by atoms with Gasteiger partial charge in [0.15, 0.2) is 5.15 Å². The van der Waals surface area contributed by atoms with Crippen LogP contribution in [0.3, 0.4) is 0 Å². The highest BCUT2D eigenvalue weighted by molar-refractivity contribution is 7.10. The van der Waals surface area contributed by atoms with Crippen molar-refractivity contribution in [2.75, 3.05) is 11.9 Å². The first kappa shape index (κ1) is 17.1. The van der Waals surface area contributed by atoms with Gasteiger partial charge in [-0.2, -0.15) is 0 Å². The number of aromatic nitrogens is 1. The Balaban J connectivity index is 1.66. The van der Waals surface area contributed by atoms with Crippen LogP contribution in [-0.4, -0.2) is 22.3 Å². The molecule has 7 heteroatoms. The minimum absolute atomic E-state index is 0.0991. The molecule has 3 aromatic rings. The van der Waals surface area contributed by atoms with Gasteiger partial charge in [0, 0.05) is 29.0 Å². The van der Waals surface area contributed by atoms with Crippen LogP contribution in [-0.2, 0) is 17.9 Å². The molecule has 0 fully saturated rings. The average molecular weight is 378 g/mol. The van der Waals surface area contributed by atoms with E-state index < -0.39 is 0 Å². The van der Waals surface area contributed by atoms with Gasteiger partial charge in [-0.3, -0.25) is 9.69 Å². The van der Waals surface area contributed by atoms with Crippen LogP contribution in [0.5, 0.6) is 0 Å². The zero-order valence-electron chi connectivity index (χ0n) is 12.8. The molecule has 0 aliphatic carbocycles. The van der Waals surface area contributed by atoms with Crippen LogP contribution in [0, 0.1) is 0 Å². The van der Waals surface area contributed by atoms with Gasteiger partial charge < -0.3 is 5.32 Å². The molecule has 24 heavy (non-hydrogen) atoms. The number of hydrogen-bond acceptors (Lipinski definition) is 5. The van der Waals surface area contributed by atoms with Crippen molar-refractivity contribution in [3.8, 4) is 0 Å². The maximum atomic E-state index is 12.4. The molecule has 3 rings (SSSR count). The average Bonchev–Trinajstić information content (AvgIpc) is 3.23. The maximum absolute atomic E-state index is 12.4. The SMILES string of the molecule is O=C(CN(Cc1cccs1)Cc1cccs1)Nc1cccnc1Cl. The van der Waals surface area contributed by atoms with E-state index in [1.807, 2.05) is 22.9 Å². The van der Waals surface area contributed by atoms with Crippen LogP contribution in [0.2, 0.25) is 5.15 Å².